The first kappa shape index (κ1) is 22.0. The largest absolute Gasteiger partial charge is 0.348 e. The summed E-state index contributed by atoms with van der Waals surface area (Å²) in [6.07, 6.45) is 3.15. The summed E-state index contributed by atoms with van der Waals surface area (Å²) < 4.78 is 24.7. The highest BCUT2D eigenvalue weighted by atomic mass is 35.5. The molecule has 4 rings (SSSR count). The van der Waals surface area contributed by atoms with E-state index in [0.717, 1.165) is 5.56 Å². The molecular formula is C23H21ClN4O3S. The van der Waals surface area contributed by atoms with E-state index in [1.54, 1.807) is 62.6 Å². The topological polar surface area (TPSA) is 105 Å². The van der Waals surface area contributed by atoms with Gasteiger partial charge in [0.2, 0.25) is 0 Å². The Balaban J connectivity index is 1.59. The second kappa shape index (κ2) is 8.72. The number of hydrogen-bond acceptors (Lipinski definition) is 5. The van der Waals surface area contributed by atoms with Gasteiger partial charge in [0.1, 0.15) is 5.52 Å². The molecule has 1 amide bonds. The molecule has 164 valence electrons. The zero-order chi connectivity index (χ0) is 22.9. The number of amides is 1. The van der Waals surface area contributed by atoms with E-state index < -0.39 is 15.1 Å². The lowest BCUT2D eigenvalue weighted by molar-refractivity contribution is 0.0952. The highest BCUT2D eigenvalue weighted by Gasteiger charge is 2.19. The Kier molecular flexibility index (Phi) is 5.99. The van der Waals surface area contributed by atoms with Crippen LogP contribution in [0.2, 0.25) is 5.02 Å². The van der Waals surface area contributed by atoms with Crippen LogP contribution in [0.1, 0.15) is 29.8 Å². The van der Waals surface area contributed by atoms with Crippen molar-refractivity contribution in [3.05, 3.63) is 77.1 Å². The molecule has 0 aliphatic carbocycles. The maximum Gasteiger partial charge on any atom is 0.255 e. The van der Waals surface area contributed by atoms with E-state index in [4.69, 9.17) is 11.6 Å². The van der Waals surface area contributed by atoms with Gasteiger partial charge in [0.05, 0.1) is 27.6 Å². The van der Waals surface area contributed by atoms with Gasteiger partial charge in [-0.15, -0.1) is 0 Å². The second-order valence-corrected chi connectivity index (χ2v) is 10.5. The van der Waals surface area contributed by atoms with Crippen molar-refractivity contribution in [2.24, 2.45) is 0 Å². The predicted octanol–water partition coefficient (Wildman–Crippen LogP) is 4.39. The zero-order valence-corrected chi connectivity index (χ0v) is 19.0. The first-order valence-corrected chi connectivity index (χ1v) is 11.9. The second-order valence-electron chi connectivity index (χ2n) is 7.59. The molecule has 0 saturated carbocycles. The lowest BCUT2D eigenvalue weighted by Crippen LogP contribution is -2.22. The molecule has 2 N–H and O–H groups in total. The molecule has 0 radical (unpaired) electrons. The van der Waals surface area contributed by atoms with Crippen LogP contribution < -0.4 is 5.32 Å². The molecule has 32 heavy (non-hydrogen) atoms. The van der Waals surface area contributed by atoms with Crippen molar-refractivity contribution in [3.8, 4) is 11.3 Å². The summed E-state index contributed by atoms with van der Waals surface area (Å²) in [5.74, 6) is -0.291. The van der Waals surface area contributed by atoms with E-state index in [-0.39, 0.29) is 10.8 Å². The monoisotopic (exact) mass is 468 g/mol. The molecule has 9 heteroatoms. The summed E-state index contributed by atoms with van der Waals surface area (Å²) >= 11 is 5.99. The van der Waals surface area contributed by atoms with Crippen molar-refractivity contribution in [2.75, 3.05) is 0 Å². The SMILES string of the molecule is CC(C)S(=O)(=O)c1ccc(-c2cnc3[nH]cc(C(=O)NCc4cccc(Cl)c4)c3n2)cc1. The van der Waals surface area contributed by atoms with Gasteiger partial charge in [0.25, 0.3) is 5.91 Å². The van der Waals surface area contributed by atoms with Crippen LogP contribution in [0, 0.1) is 0 Å². The number of sulfone groups is 1. The van der Waals surface area contributed by atoms with Crippen LogP contribution in [0.3, 0.4) is 0 Å². The number of carbonyl (C=O) groups excluding carboxylic acids is 1. The fourth-order valence-electron chi connectivity index (χ4n) is 3.22. The van der Waals surface area contributed by atoms with E-state index in [2.05, 4.69) is 20.3 Å². The molecule has 0 atom stereocenters. The number of rotatable bonds is 6. The Morgan fingerprint density at radius 1 is 1.16 bits per heavy atom. The van der Waals surface area contributed by atoms with Crippen LogP contribution >= 0.6 is 11.6 Å². The smallest absolute Gasteiger partial charge is 0.255 e. The number of carbonyl (C=O) groups is 1. The van der Waals surface area contributed by atoms with Gasteiger partial charge in [-0.1, -0.05) is 35.9 Å². The Labute approximate surface area is 190 Å². The van der Waals surface area contributed by atoms with Gasteiger partial charge in [0, 0.05) is 23.3 Å². The van der Waals surface area contributed by atoms with Gasteiger partial charge in [-0.3, -0.25) is 4.79 Å². The fraction of sp³-hybridized carbons (Fsp3) is 0.174. The lowest BCUT2D eigenvalue weighted by atomic mass is 10.1. The first-order valence-electron chi connectivity index (χ1n) is 9.97. The highest BCUT2D eigenvalue weighted by Crippen LogP contribution is 2.24. The third-order valence-corrected chi connectivity index (χ3v) is 7.47. The van der Waals surface area contributed by atoms with Crippen LogP contribution in [0.5, 0.6) is 0 Å². The molecule has 4 aromatic rings. The molecule has 0 saturated heterocycles. The van der Waals surface area contributed by atoms with Crippen molar-refractivity contribution in [2.45, 2.75) is 30.5 Å². The third kappa shape index (κ3) is 4.37. The van der Waals surface area contributed by atoms with E-state index >= 15 is 0 Å². The van der Waals surface area contributed by atoms with Crippen molar-refractivity contribution < 1.29 is 13.2 Å². The third-order valence-electron chi connectivity index (χ3n) is 5.07. The molecule has 0 bridgehead atoms. The van der Waals surface area contributed by atoms with E-state index in [1.165, 1.54) is 0 Å². The lowest BCUT2D eigenvalue weighted by Gasteiger charge is -2.08. The summed E-state index contributed by atoms with van der Waals surface area (Å²) in [5.41, 5.74) is 3.41. The normalized spacial score (nSPS) is 11.8. The number of nitrogens with one attached hydrogen (secondary N) is 2. The van der Waals surface area contributed by atoms with E-state index in [0.29, 0.717) is 39.6 Å². The maximum atomic E-state index is 12.7. The number of fused-ring (bicyclic) bond motifs is 1. The highest BCUT2D eigenvalue weighted by molar-refractivity contribution is 7.92. The average Bonchev–Trinajstić information content (AvgIpc) is 3.21. The minimum Gasteiger partial charge on any atom is -0.348 e. The predicted molar refractivity (Wildman–Crippen MR) is 124 cm³/mol. The number of nitrogens with zero attached hydrogens (tertiary/aromatic N) is 2. The van der Waals surface area contributed by atoms with Crippen molar-refractivity contribution in [1.82, 2.24) is 20.3 Å². The maximum absolute atomic E-state index is 12.7. The van der Waals surface area contributed by atoms with Gasteiger partial charge >= 0.3 is 0 Å². The molecule has 0 aliphatic heterocycles. The van der Waals surface area contributed by atoms with Crippen molar-refractivity contribution >= 4 is 38.5 Å². The molecule has 0 aliphatic rings. The van der Waals surface area contributed by atoms with Gasteiger partial charge in [0.15, 0.2) is 15.5 Å². The van der Waals surface area contributed by atoms with Gasteiger partial charge in [-0.25, -0.2) is 18.4 Å². The summed E-state index contributed by atoms with van der Waals surface area (Å²) in [6, 6.07) is 13.8. The number of hydrogen-bond donors (Lipinski definition) is 2. The number of H-pyrrole nitrogens is 1. The summed E-state index contributed by atoms with van der Waals surface area (Å²) in [4.78, 5) is 24.9. The molecule has 2 aromatic heterocycles. The molecular weight excluding hydrogens is 448 g/mol. The standard InChI is InChI=1S/C23H21ClN4O3S/c1-14(2)32(30,31)18-8-6-16(7-9-18)20-13-26-22-21(28-20)19(12-25-22)23(29)27-11-15-4-3-5-17(24)10-15/h3-10,12-14H,11H2,1-2H3,(H,25,26)(H,27,29). The van der Waals surface area contributed by atoms with E-state index in [9.17, 15) is 13.2 Å². The summed E-state index contributed by atoms with van der Waals surface area (Å²) in [7, 11) is -3.35. The Morgan fingerprint density at radius 3 is 2.59 bits per heavy atom. The molecule has 2 heterocycles. The minimum absolute atomic E-state index is 0.257. The molecule has 0 spiro atoms. The molecule has 7 nitrogen and oxygen atoms in total. The zero-order valence-electron chi connectivity index (χ0n) is 17.5. The van der Waals surface area contributed by atoms with Crippen LogP contribution in [0.4, 0.5) is 0 Å². The van der Waals surface area contributed by atoms with Crippen LogP contribution in [-0.2, 0) is 16.4 Å². The summed E-state index contributed by atoms with van der Waals surface area (Å²) in [6.45, 7) is 3.62. The van der Waals surface area contributed by atoms with Crippen molar-refractivity contribution in [1.29, 1.82) is 0 Å². The van der Waals surface area contributed by atoms with Gasteiger partial charge in [-0.2, -0.15) is 0 Å². The first-order chi connectivity index (χ1) is 15.3. The van der Waals surface area contributed by atoms with Gasteiger partial charge < -0.3 is 10.3 Å². The van der Waals surface area contributed by atoms with Crippen LogP contribution in [0.15, 0.2) is 65.8 Å². The number of halogens is 1. The summed E-state index contributed by atoms with van der Waals surface area (Å²) in [5, 5.41) is 2.96. The molecule has 0 unspecified atom stereocenters. The van der Waals surface area contributed by atoms with Crippen molar-refractivity contribution in [3.63, 3.8) is 0 Å². The van der Waals surface area contributed by atoms with Gasteiger partial charge in [-0.05, 0) is 43.7 Å². The quantitative estimate of drug-likeness (QED) is 0.436. The minimum atomic E-state index is -3.35. The number of aromatic nitrogens is 3. The Morgan fingerprint density at radius 2 is 1.91 bits per heavy atom. The Hall–Kier alpha value is -3.23. The fourth-order valence-corrected chi connectivity index (χ4v) is 4.49. The number of benzene rings is 2. The Bertz CT molecular complexity index is 1400. The van der Waals surface area contributed by atoms with Crippen LogP contribution in [0.25, 0.3) is 22.4 Å². The average molecular weight is 469 g/mol. The van der Waals surface area contributed by atoms with Crippen LogP contribution in [-0.4, -0.2) is 34.5 Å². The molecule has 0 fully saturated rings. The molecule has 2 aromatic carbocycles. The number of aromatic amines is 1. The van der Waals surface area contributed by atoms with E-state index in [1.807, 2.05) is 12.1 Å².